The Labute approximate surface area is 89.1 Å². The van der Waals surface area contributed by atoms with Gasteiger partial charge in [0.05, 0.1) is 0 Å². The molecule has 1 aliphatic heterocycles. The fourth-order valence-electron chi connectivity index (χ4n) is 2.19. The van der Waals surface area contributed by atoms with Gasteiger partial charge in [-0.1, -0.05) is 27.2 Å². The summed E-state index contributed by atoms with van der Waals surface area (Å²) in [7, 11) is 0. The van der Waals surface area contributed by atoms with Gasteiger partial charge in [0.25, 0.3) is 0 Å². The van der Waals surface area contributed by atoms with Gasteiger partial charge in [0.1, 0.15) is 0 Å². The van der Waals surface area contributed by atoms with Crippen molar-refractivity contribution >= 4 is 0 Å². The Morgan fingerprint density at radius 1 is 1.14 bits per heavy atom. The molecule has 14 heavy (non-hydrogen) atoms. The second-order valence-corrected chi connectivity index (χ2v) is 4.72. The summed E-state index contributed by atoms with van der Waals surface area (Å²) in [5.74, 6) is 0. The van der Waals surface area contributed by atoms with E-state index >= 15 is 0 Å². The van der Waals surface area contributed by atoms with Crippen LogP contribution in [-0.4, -0.2) is 36.6 Å². The molecule has 0 aliphatic carbocycles. The largest absolute Gasteiger partial charge is 0.313 e. The van der Waals surface area contributed by atoms with E-state index in [-0.39, 0.29) is 0 Å². The maximum absolute atomic E-state index is 3.55. The Morgan fingerprint density at radius 2 is 1.79 bits per heavy atom. The van der Waals surface area contributed by atoms with Gasteiger partial charge < -0.3 is 5.32 Å². The fourth-order valence-corrected chi connectivity index (χ4v) is 2.19. The van der Waals surface area contributed by atoms with Gasteiger partial charge in [-0.05, 0) is 32.4 Å². The smallest absolute Gasteiger partial charge is 0.0218 e. The molecule has 0 aromatic carbocycles. The van der Waals surface area contributed by atoms with Crippen molar-refractivity contribution < 1.29 is 0 Å². The van der Waals surface area contributed by atoms with Gasteiger partial charge in [0, 0.05) is 18.6 Å². The van der Waals surface area contributed by atoms with E-state index in [2.05, 4.69) is 31.0 Å². The zero-order valence-corrected chi connectivity index (χ0v) is 10.1. The molecule has 84 valence electrons. The van der Waals surface area contributed by atoms with Crippen LogP contribution in [-0.2, 0) is 0 Å². The molecular formula is C12H26N2. The topological polar surface area (TPSA) is 15.3 Å². The molecule has 1 fully saturated rings. The second-order valence-electron chi connectivity index (χ2n) is 4.72. The first-order chi connectivity index (χ1) is 6.74. The standard InChI is InChI=1S/C12H26N2/c1-4-12(10-13-11(2)3)14-8-6-5-7-9-14/h11-13H,4-10H2,1-3H3. The Kier molecular flexibility index (Phi) is 5.49. The second kappa shape index (κ2) is 6.41. The lowest BCUT2D eigenvalue weighted by atomic mass is 10.1. The van der Waals surface area contributed by atoms with E-state index in [1.165, 1.54) is 38.8 Å². The van der Waals surface area contributed by atoms with Crippen LogP contribution in [0.4, 0.5) is 0 Å². The molecule has 1 N–H and O–H groups in total. The van der Waals surface area contributed by atoms with Gasteiger partial charge in [-0.25, -0.2) is 0 Å². The molecule has 0 radical (unpaired) electrons. The first-order valence-electron chi connectivity index (χ1n) is 6.21. The van der Waals surface area contributed by atoms with Gasteiger partial charge >= 0.3 is 0 Å². The highest BCUT2D eigenvalue weighted by Gasteiger charge is 2.18. The van der Waals surface area contributed by atoms with Crippen LogP contribution in [0.15, 0.2) is 0 Å². The zero-order chi connectivity index (χ0) is 10.4. The van der Waals surface area contributed by atoms with Crippen LogP contribution in [0, 0.1) is 0 Å². The van der Waals surface area contributed by atoms with Gasteiger partial charge in [-0.15, -0.1) is 0 Å². The fraction of sp³-hybridized carbons (Fsp3) is 1.00. The third-order valence-electron chi connectivity index (χ3n) is 3.14. The minimum Gasteiger partial charge on any atom is -0.313 e. The number of piperidine rings is 1. The highest BCUT2D eigenvalue weighted by atomic mass is 15.2. The van der Waals surface area contributed by atoms with E-state index in [4.69, 9.17) is 0 Å². The number of nitrogens with zero attached hydrogens (tertiary/aromatic N) is 1. The van der Waals surface area contributed by atoms with E-state index in [1.807, 2.05) is 0 Å². The van der Waals surface area contributed by atoms with Crippen molar-refractivity contribution in [1.29, 1.82) is 0 Å². The van der Waals surface area contributed by atoms with Crippen LogP contribution < -0.4 is 5.32 Å². The van der Waals surface area contributed by atoms with Crippen LogP contribution in [0.3, 0.4) is 0 Å². The molecule has 1 unspecified atom stereocenters. The van der Waals surface area contributed by atoms with Crippen molar-refractivity contribution in [3.05, 3.63) is 0 Å². The molecule has 0 aromatic heterocycles. The normalized spacial score (nSPS) is 21.4. The van der Waals surface area contributed by atoms with Crippen LogP contribution >= 0.6 is 0 Å². The van der Waals surface area contributed by atoms with Gasteiger partial charge in [-0.3, -0.25) is 4.90 Å². The monoisotopic (exact) mass is 198 g/mol. The van der Waals surface area contributed by atoms with Crippen molar-refractivity contribution in [1.82, 2.24) is 10.2 Å². The quantitative estimate of drug-likeness (QED) is 0.729. The summed E-state index contributed by atoms with van der Waals surface area (Å²) in [6.07, 6.45) is 5.51. The van der Waals surface area contributed by atoms with Crippen molar-refractivity contribution in [3.63, 3.8) is 0 Å². The average Bonchev–Trinajstić information content (AvgIpc) is 2.20. The van der Waals surface area contributed by atoms with E-state index in [1.54, 1.807) is 0 Å². The highest BCUT2D eigenvalue weighted by molar-refractivity contribution is 4.76. The van der Waals surface area contributed by atoms with Gasteiger partial charge in [0.2, 0.25) is 0 Å². The first kappa shape index (κ1) is 12.0. The van der Waals surface area contributed by atoms with Crippen LogP contribution in [0.2, 0.25) is 0 Å². The summed E-state index contributed by atoms with van der Waals surface area (Å²) in [6.45, 7) is 10.6. The van der Waals surface area contributed by atoms with E-state index in [9.17, 15) is 0 Å². The molecule has 1 heterocycles. The number of hydrogen-bond acceptors (Lipinski definition) is 2. The molecule has 2 nitrogen and oxygen atoms in total. The SMILES string of the molecule is CCC(CNC(C)C)N1CCCCC1. The molecule has 0 spiro atoms. The lowest BCUT2D eigenvalue weighted by molar-refractivity contribution is 0.154. The molecule has 1 rings (SSSR count). The van der Waals surface area contributed by atoms with Crippen molar-refractivity contribution in [2.45, 2.75) is 58.5 Å². The number of likely N-dealkylation sites (tertiary alicyclic amines) is 1. The first-order valence-corrected chi connectivity index (χ1v) is 6.21. The minimum absolute atomic E-state index is 0.619. The Bertz CT molecular complexity index is 139. The molecule has 0 bridgehead atoms. The predicted molar refractivity (Wildman–Crippen MR) is 62.6 cm³/mol. The van der Waals surface area contributed by atoms with Gasteiger partial charge in [0.15, 0.2) is 0 Å². The number of nitrogens with one attached hydrogen (secondary N) is 1. The van der Waals surface area contributed by atoms with Crippen molar-refractivity contribution in [2.24, 2.45) is 0 Å². The Morgan fingerprint density at radius 3 is 2.29 bits per heavy atom. The van der Waals surface area contributed by atoms with E-state index in [0.717, 1.165) is 12.6 Å². The molecule has 1 aliphatic rings. The molecular weight excluding hydrogens is 172 g/mol. The summed E-state index contributed by atoms with van der Waals surface area (Å²) >= 11 is 0. The zero-order valence-electron chi connectivity index (χ0n) is 10.1. The summed E-state index contributed by atoms with van der Waals surface area (Å²) in [5, 5.41) is 3.55. The van der Waals surface area contributed by atoms with Crippen LogP contribution in [0.5, 0.6) is 0 Å². The maximum Gasteiger partial charge on any atom is 0.0218 e. The molecule has 0 saturated carbocycles. The summed E-state index contributed by atoms with van der Waals surface area (Å²) in [5.41, 5.74) is 0. The third-order valence-corrected chi connectivity index (χ3v) is 3.14. The van der Waals surface area contributed by atoms with Gasteiger partial charge in [-0.2, -0.15) is 0 Å². The lowest BCUT2D eigenvalue weighted by Gasteiger charge is -2.34. The molecule has 1 atom stereocenters. The molecule has 1 saturated heterocycles. The third kappa shape index (κ3) is 3.97. The van der Waals surface area contributed by atoms with Crippen LogP contribution in [0.25, 0.3) is 0 Å². The number of rotatable bonds is 5. The molecule has 0 aromatic rings. The van der Waals surface area contributed by atoms with Crippen molar-refractivity contribution in [3.8, 4) is 0 Å². The maximum atomic E-state index is 3.55. The summed E-state index contributed by atoms with van der Waals surface area (Å²) in [4.78, 5) is 2.67. The Hall–Kier alpha value is -0.0800. The van der Waals surface area contributed by atoms with E-state index < -0.39 is 0 Å². The summed E-state index contributed by atoms with van der Waals surface area (Å²) in [6, 6.07) is 1.38. The lowest BCUT2D eigenvalue weighted by Crippen LogP contribution is -2.45. The Balaban J connectivity index is 2.28. The number of hydrogen-bond donors (Lipinski definition) is 1. The highest BCUT2D eigenvalue weighted by Crippen LogP contribution is 2.13. The minimum atomic E-state index is 0.619. The van der Waals surface area contributed by atoms with Crippen molar-refractivity contribution in [2.75, 3.05) is 19.6 Å². The average molecular weight is 198 g/mol. The summed E-state index contributed by atoms with van der Waals surface area (Å²) < 4.78 is 0. The molecule has 2 heteroatoms. The van der Waals surface area contributed by atoms with E-state index in [0.29, 0.717) is 6.04 Å². The molecule has 0 amide bonds. The van der Waals surface area contributed by atoms with Crippen LogP contribution in [0.1, 0.15) is 46.5 Å². The predicted octanol–water partition coefficient (Wildman–Crippen LogP) is 2.25.